The molecular formula is C28H39ClN2O10. The summed E-state index contributed by atoms with van der Waals surface area (Å²) in [5, 5.41) is 43.4. The minimum Gasteiger partial charge on any atom is -0.491 e. The van der Waals surface area contributed by atoms with Crippen LogP contribution in [0.5, 0.6) is 5.75 Å². The maximum Gasteiger partial charge on any atom is 0.328 e. The Morgan fingerprint density at radius 1 is 1.22 bits per heavy atom. The van der Waals surface area contributed by atoms with Crippen molar-refractivity contribution in [3.63, 3.8) is 0 Å². The van der Waals surface area contributed by atoms with E-state index in [2.05, 4.69) is 10.2 Å². The number of esters is 1. The third kappa shape index (κ3) is 12.9. The van der Waals surface area contributed by atoms with Crippen molar-refractivity contribution in [2.45, 2.75) is 76.4 Å². The molecule has 0 bridgehead atoms. The summed E-state index contributed by atoms with van der Waals surface area (Å²) in [7, 11) is 0. The molecule has 1 aliphatic rings. The minimum absolute atomic E-state index is 0.0123. The first-order valence-electron chi connectivity index (χ1n) is 13.5. The zero-order chi connectivity index (χ0) is 30.4. The number of ether oxygens (including phenoxy) is 2. The predicted octanol–water partition coefficient (Wildman–Crippen LogP) is 2.76. The first-order chi connectivity index (χ1) is 19.5. The summed E-state index contributed by atoms with van der Waals surface area (Å²) in [6, 6.07) is 5.92. The summed E-state index contributed by atoms with van der Waals surface area (Å²) in [4.78, 5) is 38.5. The molecule has 0 aliphatic heterocycles. The molecule has 1 aliphatic carbocycles. The van der Waals surface area contributed by atoms with Gasteiger partial charge in [-0.25, -0.2) is 4.79 Å². The van der Waals surface area contributed by atoms with Gasteiger partial charge in [0.1, 0.15) is 37.2 Å². The second-order valence-electron chi connectivity index (χ2n) is 9.99. The molecule has 0 saturated heterocycles. The standard InChI is InChI=1S/C28H39ClN2O10/c1-18(16-40-31(37)38)41-28(36)19(2)30-27(35)11-6-4-3-5-10-23-24(26(34)15-25(23)33)13-12-21(32)17-39-22-9-7-8-20(29)14-22/h3,5,7-9,12-14,18-19,21,23-26,32-34H,4,6,10-11,15-17H2,1-2H3,(H,30,35)/t18?,19?,21-,23-,24-,25+,26-/m1/s1. The molecule has 12 nitrogen and oxygen atoms in total. The van der Waals surface area contributed by atoms with Crippen LogP contribution in [0.3, 0.4) is 0 Å². The van der Waals surface area contributed by atoms with Crippen LogP contribution in [0.1, 0.15) is 46.0 Å². The Bertz CT molecular complexity index is 1050. The fourth-order valence-corrected chi connectivity index (χ4v) is 4.56. The number of aliphatic hydroxyl groups is 3. The highest BCUT2D eigenvalue weighted by Crippen LogP contribution is 2.36. The van der Waals surface area contributed by atoms with E-state index in [0.717, 1.165) is 0 Å². The molecule has 7 atom stereocenters. The molecule has 2 unspecified atom stereocenters. The first-order valence-corrected chi connectivity index (χ1v) is 13.9. The average molecular weight is 599 g/mol. The number of nitrogens with one attached hydrogen (secondary N) is 1. The van der Waals surface area contributed by atoms with Gasteiger partial charge < -0.3 is 34.9 Å². The van der Waals surface area contributed by atoms with E-state index in [9.17, 15) is 35.0 Å². The molecule has 1 fully saturated rings. The van der Waals surface area contributed by atoms with Gasteiger partial charge in [-0.15, -0.1) is 10.1 Å². The Morgan fingerprint density at radius 2 is 1.98 bits per heavy atom. The summed E-state index contributed by atoms with van der Waals surface area (Å²) >= 11 is 5.93. The molecular weight excluding hydrogens is 560 g/mol. The lowest BCUT2D eigenvalue weighted by molar-refractivity contribution is -0.759. The number of carbonyl (C=O) groups is 2. The lowest BCUT2D eigenvalue weighted by Gasteiger charge is -2.19. The van der Waals surface area contributed by atoms with Crippen LogP contribution in [-0.4, -0.2) is 76.0 Å². The van der Waals surface area contributed by atoms with E-state index in [4.69, 9.17) is 21.1 Å². The van der Waals surface area contributed by atoms with Gasteiger partial charge in [0.05, 0.1) is 12.2 Å². The smallest absolute Gasteiger partial charge is 0.328 e. The van der Waals surface area contributed by atoms with Crippen LogP contribution >= 0.6 is 11.6 Å². The first kappa shape index (κ1) is 34.0. The molecule has 1 saturated carbocycles. The van der Waals surface area contributed by atoms with E-state index >= 15 is 0 Å². The van der Waals surface area contributed by atoms with Crippen molar-refractivity contribution >= 4 is 23.5 Å². The summed E-state index contributed by atoms with van der Waals surface area (Å²) in [6.45, 7) is 2.51. The Balaban J connectivity index is 1.70. The molecule has 13 heteroatoms. The van der Waals surface area contributed by atoms with Gasteiger partial charge in [0.25, 0.3) is 5.09 Å². The molecule has 41 heavy (non-hydrogen) atoms. The quantitative estimate of drug-likeness (QED) is 0.0685. The van der Waals surface area contributed by atoms with Gasteiger partial charge >= 0.3 is 5.97 Å². The van der Waals surface area contributed by atoms with Crippen molar-refractivity contribution < 1.29 is 44.3 Å². The van der Waals surface area contributed by atoms with Crippen molar-refractivity contribution in [3.8, 4) is 5.75 Å². The van der Waals surface area contributed by atoms with Gasteiger partial charge in [-0.3, -0.25) is 4.79 Å². The molecule has 0 aromatic heterocycles. The van der Waals surface area contributed by atoms with Crippen LogP contribution in [0.4, 0.5) is 0 Å². The zero-order valence-electron chi connectivity index (χ0n) is 23.1. The number of hydrogen-bond donors (Lipinski definition) is 4. The number of unbranched alkanes of at least 4 members (excludes halogenated alkanes) is 1. The SMILES string of the molecule is CC(CO[N+](=O)[O-])OC(=O)C(C)NC(=O)CCCC=CC[C@@H]1[C@@H](C=C[C@@H](O)COc2cccc(Cl)c2)[C@H](O)C[C@@H]1O. The normalized spacial score (nSPS) is 22.8. The van der Waals surface area contributed by atoms with Crippen molar-refractivity contribution in [2.24, 2.45) is 11.8 Å². The Morgan fingerprint density at radius 3 is 2.68 bits per heavy atom. The number of hydrogen-bond acceptors (Lipinski definition) is 10. The third-order valence-corrected chi connectivity index (χ3v) is 6.74. The van der Waals surface area contributed by atoms with E-state index in [0.29, 0.717) is 30.0 Å². The van der Waals surface area contributed by atoms with E-state index in [-0.39, 0.29) is 37.2 Å². The summed E-state index contributed by atoms with van der Waals surface area (Å²) in [6.07, 6.45) is 5.94. The van der Waals surface area contributed by atoms with Gasteiger partial charge in [0.15, 0.2) is 0 Å². The third-order valence-electron chi connectivity index (χ3n) is 6.50. The highest BCUT2D eigenvalue weighted by molar-refractivity contribution is 6.30. The lowest BCUT2D eigenvalue weighted by atomic mass is 9.89. The van der Waals surface area contributed by atoms with Crippen molar-refractivity contribution in [2.75, 3.05) is 13.2 Å². The minimum atomic E-state index is -0.980. The van der Waals surface area contributed by atoms with Gasteiger partial charge in [-0.05, 0) is 57.2 Å². The van der Waals surface area contributed by atoms with Crippen LogP contribution in [0, 0.1) is 22.0 Å². The van der Waals surface area contributed by atoms with E-state index in [1.54, 1.807) is 36.4 Å². The Hall–Kier alpha value is -3.19. The fourth-order valence-electron chi connectivity index (χ4n) is 4.38. The van der Waals surface area contributed by atoms with Gasteiger partial charge in [0, 0.05) is 23.8 Å². The van der Waals surface area contributed by atoms with Crippen molar-refractivity contribution in [1.82, 2.24) is 5.32 Å². The number of halogens is 1. The molecule has 0 heterocycles. The van der Waals surface area contributed by atoms with Crippen LogP contribution in [-0.2, 0) is 19.2 Å². The number of benzene rings is 1. The summed E-state index contributed by atoms with van der Waals surface area (Å²) in [5.74, 6) is -1.09. The monoisotopic (exact) mass is 598 g/mol. The number of rotatable bonds is 17. The largest absolute Gasteiger partial charge is 0.491 e. The second kappa shape index (κ2) is 17.6. The summed E-state index contributed by atoms with van der Waals surface area (Å²) in [5.41, 5.74) is 0. The van der Waals surface area contributed by atoms with Crippen LogP contribution in [0.25, 0.3) is 0 Å². The molecule has 0 spiro atoms. The average Bonchev–Trinajstić information content (AvgIpc) is 3.18. The van der Waals surface area contributed by atoms with Crippen molar-refractivity contribution in [3.05, 3.63) is 63.7 Å². The molecule has 0 radical (unpaired) electrons. The van der Waals surface area contributed by atoms with E-state index in [1.807, 2.05) is 12.2 Å². The maximum absolute atomic E-state index is 12.1. The number of amides is 1. The Kier molecular flexibility index (Phi) is 14.6. The maximum atomic E-state index is 12.1. The number of carbonyl (C=O) groups excluding carboxylic acids is 2. The molecule has 4 N–H and O–H groups in total. The molecule has 1 aromatic carbocycles. The Labute approximate surface area is 244 Å². The molecule has 1 aromatic rings. The highest BCUT2D eigenvalue weighted by atomic mass is 35.5. The van der Waals surface area contributed by atoms with Crippen molar-refractivity contribution in [1.29, 1.82) is 0 Å². The van der Waals surface area contributed by atoms with Gasteiger partial charge in [-0.1, -0.05) is 42.0 Å². The zero-order valence-corrected chi connectivity index (χ0v) is 23.9. The number of allylic oxidation sites excluding steroid dienone is 2. The molecule has 1 amide bonds. The molecule has 2 rings (SSSR count). The lowest BCUT2D eigenvalue weighted by Crippen LogP contribution is -2.41. The topological polar surface area (TPSA) is 178 Å². The van der Waals surface area contributed by atoms with Crippen LogP contribution in [0.15, 0.2) is 48.6 Å². The number of nitrogens with zero attached hydrogens (tertiary/aromatic N) is 1. The molecule has 228 valence electrons. The summed E-state index contributed by atoms with van der Waals surface area (Å²) < 4.78 is 10.5. The van der Waals surface area contributed by atoms with Crippen LogP contribution in [0.2, 0.25) is 5.02 Å². The fraction of sp³-hybridized carbons (Fsp3) is 0.571. The van der Waals surface area contributed by atoms with Crippen LogP contribution < -0.4 is 10.1 Å². The second-order valence-corrected chi connectivity index (χ2v) is 10.4. The predicted molar refractivity (Wildman–Crippen MR) is 149 cm³/mol. The van der Waals surface area contributed by atoms with Gasteiger partial charge in [-0.2, -0.15) is 0 Å². The van der Waals surface area contributed by atoms with E-state index < -0.39 is 48.1 Å². The van der Waals surface area contributed by atoms with Gasteiger partial charge in [0.2, 0.25) is 5.91 Å². The highest BCUT2D eigenvalue weighted by Gasteiger charge is 2.39. The van der Waals surface area contributed by atoms with E-state index in [1.165, 1.54) is 13.8 Å². The number of aliphatic hydroxyl groups excluding tert-OH is 3.